The molecule has 1 N–H and O–H groups in total. The largest absolute Gasteiger partial charge is 0.472 e. The standard InChI is InChI=1S/C10H21O4P/c1-8(2)13-15(11,12)14-10-6-4-9(3)5-7-10/h8-10H,4-7H2,1-3H3,(H,11,12). The molecule has 0 aromatic carbocycles. The van der Waals surface area contributed by atoms with Gasteiger partial charge in [0.1, 0.15) is 0 Å². The van der Waals surface area contributed by atoms with Gasteiger partial charge in [-0.05, 0) is 45.4 Å². The van der Waals surface area contributed by atoms with Gasteiger partial charge in [0.2, 0.25) is 0 Å². The van der Waals surface area contributed by atoms with Crippen molar-refractivity contribution in [1.82, 2.24) is 0 Å². The van der Waals surface area contributed by atoms with Crippen molar-refractivity contribution >= 4 is 7.82 Å². The molecule has 90 valence electrons. The quantitative estimate of drug-likeness (QED) is 0.762. The van der Waals surface area contributed by atoms with Gasteiger partial charge >= 0.3 is 7.82 Å². The van der Waals surface area contributed by atoms with Crippen LogP contribution in [0, 0.1) is 5.92 Å². The third-order valence-corrected chi connectivity index (χ3v) is 3.84. The van der Waals surface area contributed by atoms with E-state index in [9.17, 15) is 9.46 Å². The highest BCUT2D eigenvalue weighted by Crippen LogP contribution is 2.48. The van der Waals surface area contributed by atoms with Gasteiger partial charge in [-0.25, -0.2) is 4.57 Å². The smallest absolute Gasteiger partial charge is 0.302 e. The monoisotopic (exact) mass is 236 g/mol. The normalized spacial score (nSPS) is 31.5. The number of hydrogen-bond acceptors (Lipinski definition) is 3. The van der Waals surface area contributed by atoms with Gasteiger partial charge in [-0.15, -0.1) is 0 Å². The first-order valence-corrected chi connectivity index (χ1v) is 7.08. The van der Waals surface area contributed by atoms with Crippen LogP contribution in [0.2, 0.25) is 0 Å². The molecule has 0 heterocycles. The molecule has 4 nitrogen and oxygen atoms in total. The van der Waals surface area contributed by atoms with Gasteiger partial charge < -0.3 is 4.89 Å². The molecule has 0 aromatic rings. The molecule has 0 amide bonds. The predicted octanol–water partition coefficient (Wildman–Crippen LogP) is 3.11. The number of hydrogen-bond donors (Lipinski definition) is 1. The average molecular weight is 236 g/mol. The van der Waals surface area contributed by atoms with Crippen molar-refractivity contribution in [3.63, 3.8) is 0 Å². The number of rotatable bonds is 4. The van der Waals surface area contributed by atoms with E-state index in [1.54, 1.807) is 13.8 Å². The van der Waals surface area contributed by atoms with Crippen molar-refractivity contribution in [1.29, 1.82) is 0 Å². The van der Waals surface area contributed by atoms with Crippen LogP contribution in [0.5, 0.6) is 0 Å². The SMILES string of the molecule is CC1CCC(OP(=O)(O)OC(C)C)CC1. The summed E-state index contributed by atoms with van der Waals surface area (Å²) in [5.41, 5.74) is 0. The zero-order valence-electron chi connectivity index (χ0n) is 9.68. The molecule has 0 aliphatic heterocycles. The van der Waals surface area contributed by atoms with Gasteiger partial charge in [0.05, 0.1) is 12.2 Å². The molecule has 1 fully saturated rings. The Labute approximate surface area is 91.6 Å². The highest BCUT2D eigenvalue weighted by atomic mass is 31.2. The summed E-state index contributed by atoms with van der Waals surface area (Å²) in [6, 6.07) is 0. The summed E-state index contributed by atoms with van der Waals surface area (Å²) in [6.07, 6.45) is 3.43. The highest BCUT2D eigenvalue weighted by molar-refractivity contribution is 7.47. The molecular weight excluding hydrogens is 215 g/mol. The van der Waals surface area contributed by atoms with E-state index in [0.29, 0.717) is 5.92 Å². The minimum atomic E-state index is -3.84. The van der Waals surface area contributed by atoms with Crippen LogP contribution in [0.4, 0.5) is 0 Å². The second-order valence-corrected chi connectivity index (χ2v) is 5.97. The lowest BCUT2D eigenvalue weighted by Crippen LogP contribution is -2.20. The molecular formula is C10H21O4P. The molecule has 15 heavy (non-hydrogen) atoms. The first kappa shape index (κ1) is 13.2. The fourth-order valence-electron chi connectivity index (χ4n) is 1.81. The lowest BCUT2D eigenvalue weighted by Gasteiger charge is -2.27. The lowest BCUT2D eigenvalue weighted by molar-refractivity contribution is 0.0609. The molecule has 0 spiro atoms. The summed E-state index contributed by atoms with van der Waals surface area (Å²) in [4.78, 5) is 9.41. The van der Waals surface area contributed by atoms with Gasteiger partial charge in [0.15, 0.2) is 0 Å². The Morgan fingerprint density at radius 2 is 1.80 bits per heavy atom. The molecule has 1 unspecified atom stereocenters. The van der Waals surface area contributed by atoms with Crippen LogP contribution in [0.1, 0.15) is 46.5 Å². The molecule has 1 rings (SSSR count). The number of phosphoric ester groups is 1. The summed E-state index contributed by atoms with van der Waals surface area (Å²) < 4.78 is 21.5. The molecule has 1 aliphatic carbocycles. The molecule has 1 saturated carbocycles. The van der Waals surface area contributed by atoms with E-state index >= 15 is 0 Å². The van der Waals surface area contributed by atoms with Crippen LogP contribution in [0.15, 0.2) is 0 Å². The molecule has 5 heteroatoms. The van der Waals surface area contributed by atoms with Gasteiger partial charge in [0, 0.05) is 0 Å². The zero-order valence-corrected chi connectivity index (χ0v) is 10.6. The first-order valence-electron chi connectivity index (χ1n) is 5.58. The van der Waals surface area contributed by atoms with Crippen molar-refractivity contribution < 1.29 is 18.5 Å². The van der Waals surface area contributed by atoms with Crippen molar-refractivity contribution in [2.75, 3.05) is 0 Å². The Balaban J connectivity index is 2.37. The average Bonchev–Trinajstić information content (AvgIpc) is 2.06. The Morgan fingerprint density at radius 3 is 2.27 bits per heavy atom. The van der Waals surface area contributed by atoms with Crippen molar-refractivity contribution in [2.24, 2.45) is 5.92 Å². The van der Waals surface area contributed by atoms with Crippen LogP contribution in [-0.2, 0) is 13.6 Å². The highest BCUT2D eigenvalue weighted by Gasteiger charge is 2.29. The topological polar surface area (TPSA) is 55.8 Å². The fraction of sp³-hybridized carbons (Fsp3) is 1.00. The molecule has 0 bridgehead atoms. The van der Waals surface area contributed by atoms with Crippen LogP contribution >= 0.6 is 7.82 Å². The third-order valence-electron chi connectivity index (χ3n) is 2.59. The van der Waals surface area contributed by atoms with Crippen molar-refractivity contribution in [3.05, 3.63) is 0 Å². The molecule has 0 saturated heterocycles. The molecule has 1 aliphatic rings. The first-order chi connectivity index (χ1) is 6.89. The van der Waals surface area contributed by atoms with Gasteiger partial charge in [-0.2, -0.15) is 0 Å². The number of phosphoric acid groups is 1. The summed E-state index contributed by atoms with van der Waals surface area (Å²) in [7, 11) is -3.84. The Hall–Kier alpha value is 0.110. The van der Waals surface area contributed by atoms with Gasteiger partial charge in [-0.1, -0.05) is 6.92 Å². The fourth-order valence-corrected chi connectivity index (χ4v) is 2.98. The summed E-state index contributed by atoms with van der Waals surface area (Å²) in [6.45, 7) is 5.63. The van der Waals surface area contributed by atoms with Crippen LogP contribution in [-0.4, -0.2) is 17.1 Å². The Kier molecular flexibility index (Phi) is 4.78. The maximum atomic E-state index is 11.5. The Bertz CT molecular complexity index is 234. The third kappa shape index (κ3) is 5.12. The van der Waals surface area contributed by atoms with E-state index in [4.69, 9.17) is 9.05 Å². The van der Waals surface area contributed by atoms with E-state index in [1.807, 2.05) is 0 Å². The minimum absolute atomic E-state index is 0.115. The van der Waals surface area contributed by atoms with Crippen LogP contribution in [0.25, 0.3) is 0 Å². The summed E-state index contributed by atoms with van der Waals surface area (Å²) in [5, 5.41) is 0. The molecule has 1 atom stereocenters. The van der Waals surface area contributed by atoms with Crippen molar-refractivity contribution in [2.45, 2.75) is 58.7 Å². The minimum Gasteiger partial charge on any atom is -0.302 e. The van der Waals surface area contributed by atoms with E-state index in [-0.39, 0.29) is 12.2 Å². The maximum Gasteiger partial charge on any atom is 0.472 e. The molecule has 0 aromatic heterocycles. The maximum absolute atomic E-state index is 11.5. The van der Waals surface area contributed by atoms with E-state index in [2.05, 4.69) is 6.92 Å². The van der Waals surface area contributed by atoms with E-state index < -0.39 is 7.82 Å². The second-order valence-electron chi connectivity index (χ2n) is 4.61. The predicted molar refractivity (Wildman–Crippen MR) is 58.6 cm³/mol. The second kappa shape index (κ2) is 5.44. The molecule has 0 radical (unpaired) electrons. The summed E-state index contributed by atoms with van der Waals surface area (Å²) in [5.74, 6) is 0.703. The summed E-state index contributed by atoms with van der Waals surface area (Å²) >= 11 is 0. The van der Waals surface area contributed by atoms with E-state index in [1.165, 1.54) is 0 Å². The van der Waals surface area contributed by atoms with Crippen LogP contribution < -0.4 is 0 Å². The van der Waals surface area contributed by atoms with E-state index in [0.717, 1.165) is 25.7 Å². The lowest BCUT2D eigenvalue weighted by atomic mass is 9.89. The van der Waals surface area contributed by atoms with Crippen molar-refractivity contribution in [3.8, 4) is 0 Å². The van der Waals surface area contributed by atoms with Gasteiger partial charge in [-0.3, -0.25) is 9.05 Å². The zero-order chi connectivity index (χ0) is 11.5. The van der Waals surface area contributed by atoms with Gasteiger partial charge in [0.25, 0.3) is 0 Å². The Morgan fingerprint density at radius 1 is 1.27 bits per heavy atom. The van der Waals surface area contributed by atoms with Crippen LogP contribution in [0.3, 0.4) is 0 Å².